The van der Waals surface area contributed by atoms with Crippen LogP contribution in [0.5, 0.6) is 0 Å². The van der Waals surface area contributed by atoms with E-state index in [1.54, 1.807) is 11.3 Å². The number of aromatic nitrogens is 1. The molecule has 6 heteroatoms. The lowest BCUT2D eigenvalue weighted by Gasteiger charge is -2.38. The maximum Gasteiger partial charge on any atom is 0.234 e. The number of hydrogen-bond donors (Lipinski definition) is 1. The lowest BCUT2D eigenvalue weighted by molar-refractivity contribution is -0.123. The highest BCUT2D eigenvalue weighted by atomic mass is 32.1. The molecule has 1 aliphatic heterocycles. The molecule has 2 rings (SSSR count). The highest BCUT2D eigenvalue weighted by Crippen LogP contribution is 2.20. The number of nitrogens with two attached hydrogens (primary N) is 1. The number of carbonyl (C=O) groups excluding carboxylic acids is 1. The smallest absolute Gasteiger partial charge is 0.234 e. The minimum absolute atomic E-state index is 0.0987. The fourth-order valence-electron chi connectivity index (χ4n) is 2.50. The predicted octanol–water partition coefficient (Wildman–Crippen LogP) is 1.31. The van der Waals surface area contributed by atoms with E-state index in [4.69, 9.17) is 5.73 Å². The molecular formula is C13H22N4OS. The summed E-state index contributed by atoms with van der Waals surface area (Å²) in [5.41, 5.74) is 5.53. The van der Waals surface area contributed by atoms with Gasteiger partial charge in [0.2, 0.25) is 5.91 Å². The number of primary amides is 1. The molecule has 1 aromatic heterocycles. The van der Waals surface area contributed by atoms with Crippen LogP contribution < -0.4 is 10.6 Å². The number of nitrogens with zero attached hydrogens (tertiary/aromatic N) is 3. The Hall–Kier alpha value is -1.14. The Balaban J connectivity index is 1.88. The van der Waals surface area contributed by atoms with Crippen molar-refractivity contribution in [1.82, 2.24) is 9.88 Å². The SMILES string of the molecule is CCCC[C@@H](C(N)=O)N1CCN(c2nccs2)CC1. The molecule has 0 saturated carbocycles. The number of anilines is 1. The van der Waals surface area contributed by atoms with Crippen molar-refractivity contribution in [2.75, 3.05) is 31.1 Å². The number of thiazole rings is 1. The number of unbranched alkanes of at least 4 members (excludes halogenated alkanes) is 1. The summed E-state index contributed by atoms with van der Waals surface area (Å²) >= 11 is 1.66. The predicted molar refractivity (Wildman–Crippen MR) is 78.4 cm³/mol. The van der Waals surface area contributed by atoms with Crippen LogP contribution in [0.2, 0.25) is 0 Å². The maximum atomic E-state index is 11.6. The van der Waals surface area contributed by atoms with E-state index in [0.29, 0.717) is 0 Å². The normalized spacial score (nSPS) is 18.5. The van der Waals surface area contributed by atoms with Gasteiger partial charge >= 0.3 is 0 Å². The van der Waals surface area contributed by atoms with Crippen LogP contribution in [0.1, 0.15) is 26.2 Å². The summed E-state index contributed by atoms with van der Waals surface area (Å²) in [5, 5.41) is 3.07. The van der Waals surface area contributed by atoms with Gasteiger partial charge in [0, 0.05) is 37.8 Å². The third-order valence-corrected chi connectivity index (χ3v) is 4.44. The first-order valence-corrected chi connectivity index (χ1v) is 7.78. The van der Waals surface area contributed by atoms with Crippen molar-refractivity contribution in [3.63, 3.8) is 0 Å². The molecule has 0 unspecified atom stereocenters. The van der Waals surface area contributed by atoms with Crippen LogP contribution in [0, 0.1) is 0 Å². The summed E-state index contributed by atoms with van der Waals surface area (Å²) < 4.78 is 0. The van der Waals surface area contributed by atoms with Crippen LogP contribution >= 0.6 is 11.3 Å². The monoisotopic (exact) mass is 282 g/mol. The van der Waals surface area contributed by atoms with Crippen molar-refractivity contribution in [2.24, 2.45) is 5.73 Å². The average molecular weight is 282 g/mol. The van der Waals surface area contributed by atoms with E-state index in [0.717, 1.165) is 50.6 Å². The van der Waals surface area contributed by atoms with E-state index in [-0.39, 0.29) is 11.9 Å². The van der Waals surface area contributed by atoms with Crippen molar-refractivity contribution >= 4 is 22.4 Å². The summed E-state index contributed by atoms with van der Waals surface area (Å²) in [4.78, 5) is 20.4. The molecule has 2 N–H and O–H groups in total. The third kappa shape index (κ3) is 3.67. The van der Waals surface area contributed by atoms with E-state index in [1.807, 2.05) is 11.6 Å². The minimum atomic E-state index is -0.184. The summed E-state index contributed by atoms with van der Waals surface area (Å²) in [5.74, 6) is -0.184. The van der Waals surface area contributed by atoms with Gasteiger partial charge in [-0.25, -0.2) is 4.98 Å². The van der Waals surface area contributed by atoms with Gasteiger partial charge in [-0.2, -0.15) is 0 Å². The molecule has 19 heavy (non-hydrogen) atoms. The maximum absolute atomic E-state index is 11.6. The van der Waals surface area contributed by atoms with Crippen molar-refractivity contribution < 1.29 is 4.79 Å². The second kappa shape index (κ2) is 6.86. The molecule has 1 amide bonds. The molecule has 5 nitrogen and oxygen atoms in total. The Bertz CT molecular complexity index is 387. The largest absolute Gasteiger partial charge is 0.368 e. The lowest BCUT2D eigenvalue weighted by Crippen LogP contribution is -2.54. The van der Waals surface area contributed by atoms with E-state index in [2.05, 4.69) is 21.7 Å². The van der Waals surface area contributed by atoms with Gasteiger partial charge in [0.25, 0.3) is 0 Å². The van der Waals surface area contributed by atoms with Crippen molar-refractivity contribution in [3.8, 4) is 0 Å². The average Bonchev–Trinajstić information content (AvgIpc) is 2.93. The third-order valence-electron chi connectivity index (χ3n) is 3.60. The molecule has 0 bridgehead atoms. The summed E-state index contributed by atoms with van der Waals surface area (Å²) in [6, 6.07) is -0.0987. The van der Waals surface area contributed by atoms with E-state index in [1.165, 1.54) is 0 Å². The van der Waals surface area contributed by atoms with Crippen molar-refractivity contribution in [1.29, 1.82) is 0 Å². The van der Waals surface area contributed by atoms with E-state index in [9.17, 15) is 4.79 Å². The zero-order valence-electron chi connectivity index (χ0n) is 11.4. The molecule has 0 spiro atoms. The fraction of sp³-hybridized carbons (Fsp3) is 0.692. The number of amides is 1. The number of hydrogen-bond acceptors (Lipinski definition) is 5. The van der Waals surface area contributed by atoms with Crippen molar-refractivity contribution in [2.45, 2.75) is 32.2 Å². The van der Waals surface area contributed by atoms with Crippen LogP contribution in [-0.2, 0) is 4.79 Å². The molecule has 0 aliphatic carbocycles. The number of piperazine rings is 1. The van der Waals surface area contributed by atoms with Gasteiger partial charge in [-0.1, -0.05) is 19.8 Å². The molecule has 0 radical (unpaired) electrons. The summed E-state index contributed by atoms with van der Waals surface area (Å²) in [6.45, 7) is 5.75. The first-order chi connectivity index (χ1) is 9.22. The lowest BCUT2D eigenvalue weighted by atomic mass is 10.1. The first kappa shape index (κ1) is 14.3. The van der Waals surface area contributed by atoms with Crippen LogP contribution in [0.4, 0.5) is 5.13 Å². The molecule has 1 aromatic rings. The van der Waals surface area contributed by atoms with Crippen LogP contribution in [0.25, 0.3) is 0 Å². The standard InChI is InChI=1S/C13H22N4OS/c1-2-3-4-11(12(14)18)16-6-8-17(9-7-16)13-15-5-10-19-13/h5,10-11H,2-4,6-9H2,1H3,(H2,14,18)/t11-/m0/s1. The first-order valence-electron chi connectivity index (χ1n) is 6.90. The minimum Gasteiger partial charge on any atom is -0.368 e. The zero-order chi connectivity index (χ0) is 13.7. The molecule has 106 valence electrons. The van der Waals surface area contributed by atoms with Gasteiger partial charge in [-0.3, -0.25) is 9.69 Å². The zero-order valence-corrected chi connectivity index (χ0v) is 12.2. The summed E-state index contributed by atoms with van der Waals surface area (Å²) in [7, 11) is 0. The highest BCUT2D eigenvalue weighted by molar-refractivity contribution is 7.13. The van der Waals surface area contributed by atoms with Gasteiger partial charge < -0.3 is 10.6 Å². The molecule has 1 aliphatic rings. The molecule has 1 saturated heterocycles. The number of carbonyl (C=O) groups is 1. The Morgan fingerprint density at radius 2 is 2.21 bits per heavy atom. The van der Waals surface area contributed by atoms with Crippen LogP contribution in [0.15, 0.2) is 11.6 Å². The molecule has 1 fully saturated rings. The van der Waals surface area contributed by atoms with Gasteiger partial charge in [-0.15, -0.1) is 11.3 Å². The Kier molecular flexibility index (Phi) is 5.15. The van der Waals surface area contributed by atoms with Crippen LogP contribution in [0.3, 0.4) is 0 Å². The number of rotatable bonds is 6. The second-order valence-electron chi connectivity index (χ2n) is 4.90. The highest BCUT2D eigenvalue weighted by Gasteiger charge is 2.27. The Morgan fingerprint density at radius 1 is 1.47 bits per heavy atom. The Labute approximate surface area is 118 Å². The van der Waals surface area contributed by atoms with Crippen molar-refractivity contribution in [3.05, 3.63) is 11.6 Å². The van der Waals surface area contributed by atoms with Gasteiger partial charge in [-0.05, 0) is 6.42 Å². The van der Waals surface area contributed by atoms with E-state index >= 15 is 0 Å². The van der Waals surface area contributed by atoms with Crippen LogP contribution in [-0.4, -0.2) is 48.0 Å². The van der Waals surface area contributed by atoms with Gasteiger partial charge in [0.1, 0.15) is 0 Å². The quantitative estimate of drug-likeness (QED) is 0.854. The molecule has 1 atom stereocenters. The fourth-order valence-corrected chi connectivity index (χ4v) is 3.20. The van der Waals surface area contributed by atoms with E-state index < -0.39 is 0 Å². The second-order valence-corrected chi connectivity index (χ2v) is 5.77. The molecular weight excluding hydrogens is 260 g/mol. The molecule has 2 heterocycles. The van der Waals surface area contributed by atoms with Gasteiger partial charge in [0.15, 0.2) is 5.13 Å². The summed E-state index contributed by atoms with van der Waals surface area (Å²) in [6.07, 6.45) is 4.87. The molecule has 0 aromatic carbocycles. The Morgan fingerprint density at radius 3 is 2.74 bits per heavy atom. The topological polar surface area (TPSA) is 62.5 Å². The van der Waals surface area contributed by atoms with Gasteiger partial charge in [0.05, 0.1) is 6.04 Å².